The number of benzene rings is 2. The molecule has 3 heterocycles. The molecular formula is C25H21N5O2. The van der Waals surface area contributed by atoms with Crippen molar-refractivity contribution in [3.05, 3.63) is 112 Å². The average molecular weight is 423 g/mol. The predicted molar refractivity (Wildman–Crippen MR) is 123 cm³/mol. The second-order valence-electron chi connectivity index (χ2n) is 7.58. The second-order valence-corrected chi connectivity index (χ2v) is 7.58. The van der Waals surface area contributed by atoms with Crippen LogP contribution in [-0.4, -0.2) is 31.6 Å². The summed E-state index contributed by atoms with van der Waals surface area (Å²) < 4.78 is 3.33. The van der Waals surface area contributed by atoms with E-state index in [1.54, 1.807) is 45.9 Å². The lowest BCUT2D eigenvalue weighted by molar-refractivity contribution is 0.0954. The molecule has 0 saturated heterocycles. The van der Waals surface area contributed by atoms with Gasteiger partial charge in [-0.25, -0.2) is 4.52 Å². The van der Waals surface area contributed by atoms with Gasteiger partial charge in [0.2, 0.25) is 0 Å². The number of hydrogen-bond donors (Lipinski definition) is 1. The highest BCUT2D eigenvalue weighted by Gasteiger charge is 2.14. The van der Waals surface area contributed by atoms with Crippen LogP contribution in [-0.2, 0) is 13.0 Å². The van der Waals surface area contributed by atoms with Gasteiger partial charge in [-0.3, -0.25) is 14.6 Å². The Hall–Kier alpha value is -4.26. The predicted octanol–water partition coefficient (Wildman–Crippen LogP) is 3.07. The van der Waals surface area contributed by atoms with E-state index in [1.807, 2.05) is 48.5 Å². The highest BCUT2D eigenvalue weighted by Crippen LogP contribution is 2.18. The van der Waals surface area contributed by atoms with Crippen molar-refractivity contribution in [1.29, 1.82) is 0 Å². The lowest BCUT2D eigenvalue weighted by Crippen LogP contribution is -2.27. The van der Waals surface area contributed by atoms with Gasteiger partial charge in [-0.1, -0.05) is 36.4 Å². The quantitative estimate of drug-likeness (QED) is 0.455. The van der Waals surface area contributed by atoms with Crippen molar-refractivity contribution in [2.45, 2.75) is 13.0 Å². The summed E-state index contributed by atoms with van der Waals surface area (Å²) in [4.78, 5) is 30.1. The van der Waals surface area contributed by atoms with E-state index in [-0.39, 0.29) is 11.5 Å². The number of aromatic nitrogens is 4. The standard InChI is InChI=1S/C25H21N5O2/c31-24(27-13-10-18-7-4-12-26-16-18)20-8-9-21-23(15-20)29(17-19-5-2-1-3-6-19)25(32)22-11-14-28-30(21)22/h1-9,11-12,14-16H,10,13,17H2,(H,27,31). The summed E-state index contributed by atoms with van der Waals surface area (Å²) in [6, 6.07) is 20.7. The van der Waals surface area contributed by atoms with Gasteiger partial charge in [0.05, 0.1) is 23.8 Å². The largest absolute Gasteiger partial charge is 0.352 e. The number of nitrogens with zero attached hydrogens (tertiary/aromatic N) is 4. The number of amides is 1. The topological polar surface area (TPSA) is 81.3 Å². The minimum Gasteiger partial charge on any atom is -0.352 e. The SMILES string of the molecule is O=C(NCCc1cccnc1)c1ccc2c(c1)n(Cc1ccccc1)c(=O)c1ccnn12. The summed E-state index contributed by atoms with van der Waals surface area (Å²) >= 11 is 0. The van der Waals surface area contributed by atoms with Crippen LogP contribution < -0.4 is 10.9 Å². The Morgan fingerprint density at radius 1 is 0.875 bits per heavy atom. The van der Waals surface area contributed by atoms with Crippen LogP contribution in [0.15, 0.2) is 90.1 Å². The molecule has 2 aromatic carbocycles. The van der Waals surface area contributed by atoms with Crippen molar-refractivity contribution in [2.75, 3.05) is 6.54 Å². The number of carbonyl (C=O) groups is 1. The summed E-state index contributed by atoms with van der Waals surface area (Å²) in [5.41, 5.74) is 4.35. The molecule has 0 aliphatic carbocycles. The van der Waals surface area contributed by atoms with Gasteiger partial charge in [0, 0.05) is 24.5 Å². The van der Waals surface area contributed by atoms with E-state index in [1.165, 1.54) is 0 Å². The van der Waals surface area contributed by atoms with Gasteiger partial charge in [0.1, 0.15) is 5.52 Å². The lowest BCUT2D eigenvalue weighted by Gasteiger charge is -2.13. The fourth-order valence-electron chi connectivity index (χ4n) is 3.86. The molecule has 5 aromatic rings. The van der Waals surface area contributed by atoms with Crippen molar-refractivity contribution in [3.8, 4) is 0 Å². The van der Waals surface area contributed by atoms with Gasteiger partial charge in [-0.15, -0.1) is 0 Å². The molecule has 1 amide bonds. The Morgan fingerprint density at radius 2 is 1.72 bits per heavy atom. The molecule has 32 heavy (non-hydrogen) atoms. The average Bonchev–Trinajstić information content (AvgIpc) is 3.33. The molecule has 0 fully saturated rings. The summed E-state index contributed by atoms with van der Waals surface area (Å²) in [5, 5.41) is 7.26. The fraction of sp³-hybridized carbons (Fsp3) is 0.120. The van der Waals surface area contributed by atoms with E-state index >= 15 is 0 Å². The molecule has 0 radical (unpaired) electrons. The zero-order chi connectivity index (χ0) is 21.9. The molecule has 7 heteroatoms. The molecular weight excluding hydrogens is 402 g/mol. The first-order valence-corrected chi connectivity index (χ1v) is 10.4. The van der Waals surface area contributed by atoms with Gasteiger partial charge in [0.15, 0.2) is 0 Å². The molecule has 1 N–H and O–H groups in total. The molecule has 0 aliphatic rings. The number of pyridine rings is 1. The van der Waals surface area contributed by atoms with E-state index in [0.29, 0.717) is 36.1 Å². The van der Waals surface area contributed by atoms with Crippen LogP contribution in [0.5, 0.6) is 0 Å². The normalized spacial score (nSPS) is 11.1. The van der Waals surface area contributed by atoms with Crippen molar-refractivity contribution in [2.24, 2.45) is 0 Å². The Morgan fingerprint density at radius 3 is 2.53 bits per heavy atom. The molecule has 7 nitrogen and oxygen atoms in total. The van der Waals surface area contributed by atoms with Gasteiger partial charge < -0.3 is 9.88 Å². The summed E-state index contributed by atoms with van der Waals surface area (Å²) in [6.07, 6.45) is 5.82. The Bertz CT molecular complexity index is 1460. The number of nitrogens with one attached hydrogen (secondary N) is 1. The Balaban J connectivity index is 1.50. The monoisotopic (exact) mass is 423 g/mol. The van der Waals surface area contributed by atoms with E-state index in [4.69, 9.17) is 0 Å². The number of hydrogen-bond acceptors (Lipinski definition) is 4. The number of fused-ring (bicyclic) bond motifs is 3. The molecule has 0 aliphatic heterocycles. The van der Waals surface area contributed by atoms with E-state index < -0.39 is 0 Å². The summed E-state index contributed by atoms with van der Waals surface area (Å²) in [5.74, 6) is -0.185. The zero-order valence-electron chi connectivity index (χ0n) is 17.3. The first-order valence-electron chi connectivity index (χ1n) is 10.4. The Labute approximate surface area is 184 Å². The highest BCUT2D eigenvalue weighted by molar-refractivity contribution is 5.97. The van der Waals surface area contributed by atoms with Crippen LogP contribution in [0.4, 0.5) is 0 Å². The summed E-state index contributed by atoms with van der Waals surface area (Å²) in [6.45, 7) is 0.904. The van der Waals surface area contributed by atoms with Gasteiger partial charge in [-0.2, -0.15) is 5.10 Å². The number of rotatable bonds is 6. The summed E-state index contributed by atoms with van der Waals surface area (Å²) in [7, 11) is 0. The van der Waals surface area contributed by atoms with Crippen LogP contribution in [0, 0.1) is 0 Å². The maximum absolute atomic E-state index is 13.2. The zero-order valence-corrected chi connectivity index (χ0v) is 17.3. The fourth-order valence-corrected chi connectivity index (χ4v) is 3.86. The first-order chi connectivity index (χ1) is 15.7. The van der Waals surface area contributed by atoms with Crippen LogP contribution in [0.25, 0.3) is 16.6 Å². The minimum absolute atomic E-state index is 0.145. The second kappa shape index (κ2) is 8.47. The van der Waals surface area contributed by atoms with Crippen molar-refractivity contribution < 1.29 is 4.79 Å². The minimum atomic E-state index is -0.185. The number of carbonyl (C=O) groups excluding carboxylic acids is 1. The first kappa shape index (κ1) is 19.7. The lowest BCUT2D eigenvalue weighted by atomic mass is 10.1. The Kier molecular flexibility index (Phi) is 5.21. The smallest absolute Gasteiger partial charge is 0.277 e. The van der Waals surface area contributed by atoms with Crippen molar-refractivity contribution in [3.63, 3.8) is 0 Å². The third-order valence-corrected chi connectivity index (χ3v) is 5.47. The maximum atomic E-state index is 13.2. The molecule has 0 atom stereocenters. The van der Waals surface area contributed by atoms with E-state index in [2.05, 4.69) is 15.4 Å². The third kappa shape index (κ3) is 3.76. The molecule has 158 valence electrons. The molecule has 5 rings (SSSR count). The molecule has 3 aromatic heterocycles. The van der Waals surface area contributed by atoms with Crippen LogP contribution >= 0.6 is 0 Å². The van der Waals surface area contributed by atoms with Gasteiger partial charge in [0.25, 0.3) is 11.5 Å². The third-order valence-electron chi connectivity index (χ3n) is 5.47. The highest BCUT2D eigenvalue weighted by atomic mass is 16.1. The maximum Gasteiger partial charge on any atom is 0.277 e. The molecule has 0 spiro atoms. The van der Waals surface area contributed by atoms with E-state index in [9.17, 15) is 9.59 Å². The van der Waals surface area contributed by atoms with Crippen LogP contribution in [0.1, 0.15) is 21.5 Å². The molecule has 0 bridgehead atoms. The van der Waals surface area contributed by atoms with E-state index in [0.717, 1.165) is 16.6 Å². The molecule has 0 saturated carbocycles. The van der Waals surface area contributed by atoms with Gasteiger partial charge in [-0.05, 0) is 47.9 Å². The van der Waals surface area contributed by atoms with Crippen molar-refractivity contribution >= 4 is 22.5 Å². The van der Waals surface area contributed by atoms with Crippen molar-refractivity contribution in [1.82, 2.24) is 24.5 Å². The van der Waals surface area contributed by atoms with Crippen LogP contribution in [0.3, 0.4) is 0 Å². The molecule has 0 unspecified atom stereocenters. The van der Waals surface area contributed by atoms with Crippen LogP contribution in [0.2, 0.25) is 0 Å². The van der Waals surface area contributed by atoms with Gasteiger partial charge >= 0.3 is 0 Å².